The molecular weight excluding hydrogens is 302 g/mol. The predicted octanol–water partition coefficient (Wildman–Crippen LogP) is 1.91. The first-order valence-corrected chi connectivity index (χ1v) is 8.93. The molecule has 2 aliphatic carbocycles. The van der Waals surface area contributed by atoms with Gasteiger partial charge < -0.3 is 11.1 Å². The minimum Gasteiger partial charge on any atom is -0.351 e. The van der Waals surface area contributed by atoms with Crippen LogP contribution in [0.15, 0.2) is 12.3 Å². The Kier molecular flexibility index (Phi) is 4.18. The average molecular weight is 327 g/mol. The molecule has 4 rings (SSSR count). The van der Waals surface area contributed by atoms with Gasteiger partial charge in [0.1, 0.15) is 5.69 Å². The van der Waals surface area contributed by atoms with Gasteiger partial charge in [0.15, 0.2) is 0 Å². The molecule has 2 heterocycles. The smallest absolute Gasteiger partial charge is 0.223 e. The number of nitrogens with zero attached hydrogens (tertiary/aromatic N) is 5. The Hall–Kier alpha value is -2.02. The van der Waals surface area contributed by atoms with Crippen LogP contribution < -0.4 is 11.1 Å². The second-order valence-electron chi connectivity index (χ2n) is 7.18. The van der Waals surface area contributed by atoms with Crippen LogP contribution in [0, 0.1) is 5.92 Å². The minimum absolute atomic E-state index is 0.347. The zero-order valence-electron chi connectivity index (χ0n) is 14.1. The molecule has 0 bridgehead atoms. The van der Waals surface area contributed by atoms with Crippen molar-refractivity contribution in [3.63, 3.8) is 0 Å². The fourth-order valence-electron chi connectivity index (χ4n) is 3.41. The second kappa shape index (κ2) is 6.47. The maximum atomic E-state index is 5.98. The lowest BCUT2D eigenvalue weighted by Crippen LogP contribution is -2.33. The number of nitrogens with one attached hydrogen (secondary N) is 1. The summed E-state index contributed by atoms with van der Waals surface area (Å²) in [5.74, 6) is 1.46. The van der Waals surface area contributed by atoms with Gasteiger partial charge in [0, 0.05) is 25.3 Å². The average Bonchev–Trinajstić information content (AvgIpc) is 3.33. The summed E-state index contributed by atoms with van der Waals surface area (Å²) in [4.78, 5) is 9.07. The van der Waals surface area contributed by atoms with E-state index in [1.54, 1.807) is 6.20 Å². The monoisotopic (exact) mass is 327 g/mol. The summed E-state index contributed by atoms with van der Waals surface area (Å²) in [6.45, 7) is 0. The van der Waals surface area contributed by atoms with Crippen LogP contribution in [0.25, 0.3) is 11.4 Å². The molecule has 0 atom stereocenters. The van der Waals surface area contributed by atoms with Gasteiger partial charge in [-0.1, -0.05) is 5.21 Å². The summed E-state index contributed by atoms with van der Waals surface area (Å²) < 4.78 is 1.88. The molecule has 2 saturated carbocycles. The second-order valence-corrected chi connectivity index (χ2v) is 7.18. The van der Waals surface area contributed by atoms with Gasteiger partial charge in [-0.15, -0.1) is 5.10 Å². The molecule has 7 nitrogen and oxygen atoms in total. The van der Waals surface area contributed by atoms with Crippen molar-refractivity contribution in [3.05, 3.63) is 18.0 Å². The largest absolute Gasteiger partial charge is 0.351 e. The van der Waals surface area contributed by atoms with Crippen molar-refractivity contribution >= 4 is 5.95 Å². The summed E-state index contributed by atoms with van der Waals surface area (Å²) in [5.41, 5.74) is 8.89. The normalized spacial score (nSPS) is 24.1. The summed E-state index contributed by atoms with van der Waals surface area (Å²) >= 11 is 0. The molecule has 0 aliphatic heterocycles. The van der Waals surface area contributed by atoms with Crippen molar-refractivity contribution in [1.29, 1.82) is 0 Å². The molecule has 2 aliphatic rings. The summed E-state index contributed by atoms with van der Waals surface area (Å²) in [7, 11) is 1.96. The Morgan fingerprint density at radius 2 is 2.00 bits per heavy atom. The Labute approximate surface area is 142 Å². The van der Waals surface area contributed by atoms with Crippen LogP contribution in [0.3, 0.4) is 0 Å². The van der Waals surface area contributed by atoms with Gasteiger partial charge in [-0.2, -0.15) is 0 Å². The van der Waals surface area contributed by atoms with E-state index in [1.807, 2.05) is 17.8 Å². The molecule has 0 saturated heterocycles. The maximum absolute atomic E-state index is 5.98. The molecule has 24 heavy (non-hydrogen) atoms. The van der Waals surface area contributed by atoms with Gasteiger partial charge >= 0.3 is 0 Å². The van der Waals surface area contributed by atoms with Gasteiger partial charge in [0.05, 0.1) is 11.4 Å². The number of rotatable bonds is 5. The Bertz CT molecular complexity index is 699. The van der Waals surface area contributed by atoms with Crippen molar-refractivity contribution < 1.29 is 0 Å². The number of anilines is 1. The first-order valence-electron chi connectivity index (χ1n) is 8.93. The summed E-state index contributed by atoms with van der Waals surface area (Å²) in [6.07, 6.45) is 9.73. The van der Waals surface area contributed by atoms with Gasteiger partial charge in [0.25, 0.3) is 0 Å². The van der Waals surface area contributed by atoms with Crippen LogP contribution in [-0.2, 0) is 13.5 Å². The van der Waals surface area contributed by atoms with E-state index in [9.17, 15) is 0 Å². The standard InChI is InChI=1S/C17H25N7/c1-24-15(10-11-2-3-11)16(22-23-24)14-8-9-19-17(21-14)20-13-6-4-12(18)5-7-13/h8-9,11-13H,2-7,10,18H2,1H3,(H,19,20,21). The van der Waals surface area contributed by atoms with Gasteiger partial charge in [-0.05, 0) is 56.9 Å². The lowest BCUT2D eigenvalue weighted by atomic mass is 9.92. The molecule has 3 N–H and O–H groups in total. The fourth-order valence-corrected chi connectivity index (χ4v) is 3.41. The zero-order valence-corrected chi connectivity index (χ0v) is 14.1. The number of nitrogens with two attached hydrogens (primary N) is 1. The third-order valence-corrected chi connectivity index (χ3v) is 5.13. The van der Waals surface area contributed by atoms with Crippen molar-refractivity contribution in [2.75, 3.05) is 5.32 Å². The Morgan fingerprint density at radius 1 is 1.21 bits per heavy atom. The van der Waals surface area contributed by atoms with E-state index in [-0.39, 0.29) is 0 Å². The van der Waals surface area contributed by atoms with Crippen LogP contribution in [0.2, 0.25) is 0 Å². The van der Waals surface area contributed by atoms with E-state index >= 15 is 0 Å². The maximum Gasteiger partial charge on any atom is 0.223 e. The topological polar surface area (TPSA) is 94.5 Å². The Balaban J connectivity index is 1.52. The van der Waals surface area contributed by atoms with Crippen molar-refractivity contribution in [1.82, 2.24) is 25.0 Å². The van der Waals surface area contributed by atoms with Crippen LogP contribution in [0.5, 0.6) is 0 Å². The number of aryl methyl sites for hydroxylation is 1. The third-order valence-electron chi connectivity index (χ3n) is 5.13. The SMILES string of the molecule is Cn1nnc(-c2ccnc(NC3CCC(N)CC3)n2)c1CC1CC1. The highest BCUT2D eigenvalue weighted by molar-refractivity contribution is 5.58. The zero-order chi connectivity index (χ0) is 16.5. The highest BCUT2D eigenvalue weighted by Crippen LogP contribution is 2.34. The highest BCUT2D eigenvalue weighted by atomic mass is 15.4. The van der Waals surface area contributed by atoms with E-state index in [2.05, 4.69) is 25.6 Å². The van der Waals surface area contributed by atoms with Gasteiger partial charge in [-0.3, -0.25) is 4.68 Å². The van der Waals surface area contributed by atoms with E-state index in [4.69, 9.17) is 5.73 Å². The molecule has 7 heteroatoms. The number of hydrogen-bond donors (Lipinski definition) is 2. The number of hydrogen-bond acceptors (Lipinski definition) is 6. The Morgan fingerprint density at radius 3 is 2.75 bits per heavy atom. The van der Waals surface area contributed by atoms with E-state index < -0.39 is 0 Å². The molecule has 2 aromatic rings. The van der Waals surface area contributed by atoms with E-state index in [0.717, 1.165) is 49.4 Å². The molecule has 0 spiro atoms. The lowest BCUT2D eigenvalue weighted by molar-refractivity contribution is 0.410. The predicted molar refractivity (Wildman–Crippen MR) is 92.3 cm³/mol. The third kappa shape index (κ3) is 3.40. The van der Waals surface area contributed by atoms with Crippen LogP contribution in [-0.4, -0.2) is 37.0 Å². The van der Waals surface area contributed by atoms with Crippen molar-refractivity contribution in [2.24, 2.45) is 18.7 Å². The van der Waals surface area contributed by atoms with Gasteiger partial charge in [-0.25, -0.2) is 9.97 Å². The van der Waals surface area contributed by atoms with Crippen LogP contribution in [0.4, 0.5) is 5.95 Å². The first kappa shape index (κ1) is 15.5. The molecule has 2 fully saturated rings. The molecule has 0 aromatic carbocycles. The lowest BCUT2D eigenvalue weighted by Gasteiger charge is -2.26. The summed E-state index contributed by atoms with van der Waals surface area (Å²) in [5, 5.41) is 12.0. The molecule has 128 valence electrons. The summed E-state index contributed by atoms with van der Waals surface area (Å²) in [6, 6.07) is 2.68. The van der Waals surface area contributed by atoms with Crippen molar-refractivity contribution in [2.45, 2.75) is 57.0 Å². The highest BCUT2D eigenvalue weighted by Gasteiger charge is 2.26. The van der Waals surface area contributed by atoms with Crippen LogP contribution >= 0.6 is 0 Å². The molecular formula is C17H25N7. The van der Waals surface area contributed by atoms with Gasteiger partial charge in [0.2, 0.25) is 5.95 Å². The quantitative estimate of drug-likeness (QED) is 0.871. The van der Waals surface area contributed by atoms with E-state index in [1.165, 1.54) is 18.5 Å². The fraction of sp³-hybridized carbons (Fsp3) is 0.647. The first-order chi connectivity index (χ1) is 11.7. The van der Waals surface area contributed by atoms with E-state index in [0.29, 0.717) is 18.0 Å². The number of aromatic nitrogens is 5. The molecule has 2 aromatic heterocycles. The minimum atomic E-state index is 0.347. The van der Waals surface area contributed by atoms with Crippen LogP contribution in [0.1, 0.15) is 44.2 Å². The molecule has 0 unspecified atom stereocenters. The molecule has 0 amide bonds. The van der Waals surface area contributed by atoms with Crippen molar-refractivity contribution in [3.8, 4) is 11.4 Å². The molecule has 0 radical (unpaired) electrons.